The van der Waals surface area contributed by atoms with Gasteiger partial charge in [-0.3, -0.25) is 9.59 Å². The van der Waals surface area contributed by atoms with Gasteiger partial charge >= 0.3 is 11.9 Å². The minimum atomic E-state index is -0.303. The van der Waals surface area contributed by atoms with Crippen molar-refractivity contribution in [1.29, 1.82) is 0 Å². The number of carbonyl (C=O) groups is 2. The molecule has 1 aliphatic rings. The molecule has 1 aliphatic carbocycles. The van der Waals surface area contributed by atoms with Crippen molar-refractivity contribution in [2.75, 3.05) is 0 Å². The summed E-state index contributed by atoms with van der Waals surface area (Å²) in [6, 6.07) is 0. The van der Waals surface area contributed by atoms with Crippen LogP contribution < -0.4 is 0 Å². The van der Waals surface area contributed by atoms with E-state index >= 15 is 0 Å². The summed E-state index contributed by atoms with van der Waals surface area (Å²) < 4.78 is 11.0. The Bertz CT molecular complexity index is 398. The number of ether oxygens (including phenoxy) is 2. The van der Waals surface area contributed by atoms with Crippen molar-refractivity contribution in [2.45, 2.75) is 78.4 Å². The summed E-state index contributed by atoms with van der Waals surface area (Å²) in [6.07, 6.45) is 7.18. The van der Waals surface area contributed by atoms with E-state index in [1.165, 1.54) is 0 Å². The fraction of sp³-hybridized carbons (Fsp3) is 0.667. The van der Waals surface area contributed by atoms with E-state index in [-0.39, 0.29) is 37.0 Å². The van der Waals surface area contributed by atoms with Gasteiger partial charge in [0.1, 0.15) is 12.2 Å². The smallest absolute Gasteiger partial charge is 0.310 e. The Hall–Kier alpha value is -1.58. The minimum absolute atomic E-state index is 0.251. The van der Waals surface area contributed by atoms with Gasteiger partial charge in [0.2, 0.25) is 0 Å². The van der Waals surface area contributed by atoms with E-state index in [0.29, 0.717) is 0 Å². The van der Waals surface area contributed by atoms with E-state index in [1.807, 2.05) is 39.8 Å². The molecular weight excluding hydrogens is 280 g/mol. The number of esters is 2. The first-order chi connectivity index (χ1) is 10.4. The minimum Gasteiger partial charge on any atom is -0.458 e. The monoisotopic (exact) mass is 308 g/mol. The summed E-state index contributed by atoms with van der Waals surface area (Å²) in [5.74, 6) is -0.503. The molecule has 1 rings (SSSR count). The van der Waals surface area contributed by atoms with Gasteiger partial charge < -0.3 is 9.47 Å². The number of allylic oxidation sites excluding steroid dienone is 2. The second kappa shape index (κ2) is 9.44. The van der Waals surface area contributed by atoms with Gasteiger partial charge in [-0.2, -0.15) is 0 Å². The molecule has 0 amide bonds. The van der Waals surface area contributed by atoms with Crippen LogP contribution in [0, 0.1) is 0 Å². The molecule has 0 radical (unpaired) electrons. The first-order valence-corrected chi connectivity index (χ1v) is 8.04. The summed E-state index contributed by atoms with van der Waals surface area (Å²) in [4.78, 5) is 23.7. The van der Waals surface area contributed by atoms with Crippen LogP contribution in [0.1, 0.15) is 66.2 Å². The Morgan fingerprint density at radius 2 is 1.18 bits per heavy atom. The van der Waals surface area contributed by atoms with Crippen molar-refractivity contribution in [1.82, 2.24) is 0 Å². The number of carbonyl (C=O) groups excluding carboxylic acids is 2. The standard InChI is InChI=1S/C18H28O4/c1-13(2)9-11-17(19)21-15-7-5-6-8-16(15)22-18(20)12-10-14(3)4/h9-10,15-16H,5-8,11-12H2,1-4H3. The Morgan fingerprint density at radius 3 is 1.50 bits per heavy atom. The average molecular weight is 308 g/mol. The van der Waals surface area contributed by atoms with Crippen molar-refractivity contribution >= 4 is 11.9 Å². The first kappa shape index (κ1) is 18.5. The lowest BCUT2D eigenvalue weighted by molar-refractivity contribution is -0.170. The third-order valence-corrected chi connectivity index (χ3v) is 3.56. The van der Waals surface area contributed by atoms with Gasteiger partial charge in [0, 0.05) is 0 Å². The predicted molar refractivity (Wildman–Crippen MR) is 86.3 cm³/mol. The lowest BCUT2D eigenvalue weighted by atomic mass is 9.94. The molecule has 2 unspecified atom stereocenters. The van der Waals surface area contributed by atoms with Crippen LogP contribution in [0.2, 0.25) is 0 Å². The third kappa shape index (κ3) is 7.43. The van der Waals surface area contributed by atoms with E-state index in [2.05, 4.69) is 0 Å². The van der Waals surface area contributed by atoms with Crippen LogP contribution in [-0.4, -0.2) is 24.1 Å². The van der Waals surface area contributed by atoms with Crippen LogP contribution in [0.4, 0.5) is 0 Å². The Morgan fingerprint density at radius 1 is 0.818 bits per heavy atom. The molecule has 124 valence electrons. The first-order valence-electron chi connectivity index (χ1n) is 8.04. The van der Waals surface area contributed by atoms with Crippen molar-refractivity contribution in [3.05, 3.63) is 23.3 Å². The highest BCUT2D eigenvalue weighted by Crippen LogP contribution is 2.25. The fourth-order valence-electron chi connectivity index (χ4n) is 2.34. The molecule has 2 atom stereocenters. The van der Waals surface area contributed by atoms with Gasteiger partial charge in [0.05, 0.1) is 12.8 Å². The Balaban J connectivity index is 2.52. The molecule has 0 saturated heterocycles. The molecule has 0 aromatic carbocycles. The van der Waals surface area contributed by atoms with E-state index in [9.17, 15) is 9.59 Å². The number of rotatable bonds is 6. The molecule has 4 heteroatoms. The molecule has 22 heavy (non-hydrogen) atoms. The molecule has 0 heterocycles. The van der Waals surface area contributed by atoms with Crippen molar-refractivity contribution in [3.63, 3.8) is 0 Å². The second-order valence-corrected chi connectivity index (χ2v) is 6.31. The van der Waals surface area contributed by atoms with E-state index < -0.39 is 0 Å². The zero-order chi connectivity index (χ0) is 16.5. The summed E-state index contributed by atoms with van der Waals surface area (Å²) in [6.45, 7) is 7.78. The quantitative estimate of drug-likeness (QED) is 0.547. The maximum Gasteiger partial charge on any atom is 0.310 e. The molecule has 0 aliphatic heterocycles. The molecule has 0 spiro atoms. The fourth-order valence-corrected chi connectivity index (χ4v) is 2.34. The van der Waals surface area contributed by atoms with Crippen LogP contribution in [-0.2, 0) is 19.1 Å². The summed E-state index contributed by atoms with van der Waals surface area (Å²) in [5.41, 5.74) is 2.18. The Kier molecular flexibility index (Phi) is 7.92. The van der Waals surface area contributed by atoms with Gasteiger partial charge in [-0.05, 0) is 53.4 Å². The highest BCUT2D eigenvalue weighted by Gasteiger charge is 2.30. The average Bonchev–Trinajstić information content (AvgIpc) is 2.45. The van der Waals surface area contributed by atoms with Crippen LogP contribution in [0.5, 0.6) is 0 Å². The summed E-state index contributed by atoms with van der Waals surface area (Å²) >= 11 is 0. The predicted octanol–water partition coefficient (Wildman–Crippen LogP) is 4.10. The highest BCUT2D eigenvalue weighted by molar-refractivity contribution is 5.72. The van der Waals surface area contributed by atoms with Gasteiger partial charge in [0.15, 0.2) is 0 Å². The van der Waals surface area contributed by atoms with Crippen molar-refractivity contribution in [3.8, 4) is 0 Å². The van der Waals surface area contributed by atoms with Crippen molar-refractivity contribution < 1.29 is 19.1 Å². The summed E-state index contributed by atoms with van der Waals surface area (Å²) in [5, 5.41) is 0. The third-order valence-electron chi connectivity index (χ3n) is 3.56. The SMILES string of the molecule is CC(C)=CCC(=O)OC1CCCCC1OC(=O)CC=C(C)C. The molecular formula is C18H28O4. The van der Waals surface area contributed by atoms with E-state index in [0.717, 1.165) is 36.8 Å². The Labute approximate surface area is 133 Å². The lowest BCUT2D eigenvalue weighted by Crippen LogP contribution is -2.37. The lowest BCUT2D eigenvalue weighted by Gasteiger charge is -2.30. The molecule has 4 nitrogen and oxygen atoms in total. The topological polar surface area (TPSA) is 52.6 Å². The van der Waals surface area contributed by atoms with E-state index in [4.69, 9.17) is 9.47 Å². The normalized spacial score (nSPS) is 20.7. The largest absolute Gasteiger partial charge is 0.458 e. The van der Waals surface area contributed by atoms with Gasteiger partial charge in [0.25, 0.3) is 0 Å². The van der Waals surface area contributed by atoms with Gasteiger partial charge in [-0.25, -0.2) is 0 Å². The molecule has 1 fully saturated rings. The number of hydrogen-bond acceptors (Lipinski definition) is 4. The molecule has 0 aromatic rings. The maximum atomic E-state index is 11.8. The van der Waals surface area contributed by atoms with Crippen LogP contribution >= 0.6 is 0 Å². The summed E-state index contributed by atoms with van der Waals surface area (Å²) in [7, 11) is 0. The maximum absolute atomic E-state index is 11.8. The van der Waals surface area contributed by atoms with Crippen LogP contribution in [0.25, 0.3) is 0 Å². The van der Waals surface area contributed by atoms with Gasteiger partial charge in [-0.15, -0.1) is 0 Å². The van der Waals surface area contributed by atoms with Crippen LogP contribution in [0.15, 0.2) is 23.3 Å². The van der Waals surface area contributed by atoms with Gasteiger partial charge in [-0.1, -0.05) is 23.3 Å². The van der Waals surface area contributed by atoms with E-state index in [1.54, 1.807) is 0 Å². The molecule has 0 N–H and O–H groups in total. The molecule has 1 saturated carbocycles. The zero-order valence-electron chi connectivity index (χ0n) is 14.2. The molecule has 0 bridgehead atoms. The zero-order valence-corrected chi connectivity index (χ0v) is 14.2. The number of hydrogen-bond donors (Lipinski definition) is 0. The highest BCUT2D eigenvalue weighted by atomic mass is 16.6. The van der Waals surface area contributed by atoms with Crippen molar-refractivity contribution in [2.24, 2.45) is 0 Å². The van der Waals surface area contributed by atoms with Crippen LogP contribution in [0.3, 0.4) is 0 Å². The molecule has 0 aromatic heterocycles. The second-order valence-electron chi connectivity index (χ2n) is 6.31.